The summed E-state index contributed by atoms with van der Waals surface area (Å²) in [5, 5.41) is 20.7. The van der Waals surface area contributed by atoms with Crippen molar-refractivity contribution in [1.82, 2.24) is 5.32 Å². The van der Waals surface area contributed by atoms with Crippen molar-refractivity contribution in [3.05, 3.63) is 0 Å². The molecule has 0 saturated carbocycles. The van der Waals surface area contributed by atoms with Gasteiger partial charge in [0, 0.05) is 12.5 Å². The molecule has 0 rings (SSSR count). The predicted molar refractivity (Wildman–Crippen MR) is 51.2 cm³/mol. The van der Waals surface area contributed by atoms with Crippen LogP contribution in [0.5, 0.6) is 0 Å². The molecule has 0 aromatic heterocycles. The van der Waals surface area contributed by atoms with E-state index in [1.54, 1.807) is 0 Å². The third-order valence-corrected chi connectivity index (χ3v) is 3.99. The van der Waals surface area contributed by atoms with Crippen LogP contribution in [0.1, 0.15) is 13.3 Å². The van der Waals surface area contributed by atoms with E-state index < -0.39 is 8.80 Å². The van der Waals surface area contributed by atoms with Crippen molar-refractivity contribution < 1.29 is 67.1 Å². The first-order valence-corrected chi connectivity index (χ1v) is 6.72. The molecule has 0 atom stereocenters. The summed E-state index contributed by atoms with van der Waals surface area (Å²) < 4.78 is 0. The van der Waals surface area contributed by atoms with Gasteiger partial charge in [0.25, 0.3) is 0 Å². The van der Waals surface area contributed by atoms with Gasteiger partial charge >= 0.3 is 51.4 Å². The van der Waals surface area contributed by atoms with Gasteiger partial charge in [-0.1, -0.05) is 13.0 Å². The van der Waals surface area contributed by atoms with E-state index in [1.165, 1.54) is 0 Å². The van der Waals surface area contributed by atoms with Gasteiger partial charge in [-0.05, 0) is 19.5 Å². The Morgan fingerprint density at radius 3 is 2.15 bits per heavy atom. The molecule has 0 aliphatic heterocycles. The Balaban J connectivity index is -0.000000500. The number of rotatable bonds is 7. The number of hydrogen-bond donors (Lipinski definition) is 3. The van der Waals surface area contributed by atoms with Gasteiger partial charge in [-0.3, -0.25) is 0 Å². The Hall–Kier alpha value is 1.69. The molecule has 0 saturated heterocycles. The molecule has 0 bridgehead atoms. The van der Waals surface area contributed by atoms with E-state index in [0.717, 1.165) is 25.6 Å². The summed E-state index contributed by atoms with van der Waals surface area (Å²) >= 11 is 0. The Bertz CT molecular complexity index is 86.1. The van der Waals surface area contributed by atoms with Crippen LogP contribution in [0.15, 0.2) is 0 Å². The molecular weight excluding hydrogens is 213 g/mol. The van der Waals surface area contributed by atoms with E-state index in [9.17, 15) is 0 Å². The van der Waals surface area contributed by atoms with Crippen LogP contribution < -0.4 is 56.7 Å². The smallest absolute Gasteiger partial charge is 0.870 e. The number of aliphatic hydroxyl groups is 2. The number of aliphatic hydroxyl groups excluding tert-OH is 2. The molecule has 0 spiro atoms. The Morgan fingerprint density at radius 1 is 1.23 bits per heavy atom. The molecule has 0 aliphatic rings. The second-order valence-electron chi connectivity index (χ2n) is 2.73. The molecule has 6 heteroatoms. The second kappa shape index (κ2) is 16.1. The summed E-state index contributed by atoms with van der Waals surface area (Å²) in [6.07, 6.45) is 1.57. The molecule has 4 N–H and O–H groups in total. The van der Waals surface area contributed by atoms with Crippen molar-refractivity contribution in [1.29, 1.82) is 0 Å². The zero-order chi connectivity index (χ0) is 8.53. The summed E-state index contributed by atoms with van der Waals surface area (Å²) in [5.74, 6) is 0. The topological polar surface area (TPSA) is 82.5 Å². The first-order chi connectivity index (χ1) is 5.35. The minimum Gasteiger partial charge on any atom is -0.870 e. The Kier molecular flexibility index (Phi) is 25.0. The molecule has 0 heterocycles. The zero-order valence-corrected chi connectivity index (χ0v) is 12.9. The molecule has 0 fully saturated rings. The maximum absolute atomic E-state index is 8.76. The van der Waals surface area contributed by atoms with Crippen LogP contribution in [-0.2, 0) is 0 Å². The maximum Gasteiger partial charge on any atom is 1.00 e. The first-order valence-electron chi connectivity index (χ1n) is 4.27. The molecule has 0 unspecified atom stereocenters. The van der Waals surface area contributed by atoms with Gasteiger partial charge in [0.15, 0.2) is 0 Å². The van der Waals surface area contributed by atoms with E-state index in [4.69, 9.17) is 10.2 Å². The number of hydrogen-bond acceptors (Lipinski definition) is 4. The van der Waals surface area contributed by atoms with Gasteiger partial charge in [0.1, 0.15) is 0 Å². The van der Waals surface area contributed by atoms with Gasteiger partial charge in [-0.15, -0.1) is 0 Å². The fourth-order valence-corrected chi connectivity index (χ4v) is 2.19. The van der Waals surface area contributed by atoms with Crippen LogP contribution in [0, 0.1) is 0 Å². The molecule has 0 aromatic rings. The Morgan fingerprint density at radius 2 is 1.77 bits per heavy atom. The fourth-order valence-electron chi connectivity index (χ4n) is 0.933. The van der Waals surface area contributed by atoms with Crippen LogP contribution in [0.4, 0.5) is 0 Å². The van der Waals surface area contributed by atoms with E-state index >= 15 is 0 Å². The van der Waals surface area contributed by atoms with Crippen LogP contribution in [0.25, 0.3) is 0 Å². The average molecular weight is 233 g/mol. The van der Waals surface area contributed by atoms with E-state index in [2.05, 4.69) is 12.2 Å². The third-order valence-electron chi connectivity index (χ3n) is 1.73. The maximum atomic E-state index is 8.76. The molecule has 0 radical (unpaired) electrons. The summed E-state index contributed by atoms with van der Waals surface area (Å²) in [4.78, 5) is 0. The molecule has 13 heavy (non-hydrogen) atoms. The van der Waals surface area contributed by atoms with Crippen LogP contribution in [0.3, 0.4) is 0 Å². The number of nitrogens with one attached hydrogen (secondary N) is 1. The summed E-state index contributed by atoms with van der Waals surface area (Å²) in [6, 6.07) is 1.04. The van der Waals surface area contributed by atoms with Crippen molar-refractivity contribution in [3.8, 4) is 0 Å². The summed E-state index contributed by atoms with van der Waals surface area (Å²) in [6.45, 7) is 4.09. The van der Waals surface area contributed by atoms with Crippen molar-refractivity contribution in [3.63, 3.8) is 0 Å². The summed E-state index contributed by atoms with van der Waals surface area (Å²) in [5.41, 5.74) is 0. The van der Waals surface area contributed by atoms with Gasteiger partial charge in [-0.2, -0.15) is 0 Å². The van der Waals surface area contributed by atoms with Gasteiger partial charge in [-0.25, -0.2) is 0 Å². The first kappa shape index (κ1) is 20.1. The minimum atomic E-state index is -1.16. The van der Waals surface area contributed by atoms with Gasteiger partial charge in [0.05, 0.1) is 8.80 Å². The molecule has 0 aliphatic carbocycles. The van der Waals surface area contributed by atoms with E-state index in [-0.39, 0.29) is 69.3 Å². The fraction of sp³-hybridized carbons (Fsp3) is 1.00. The molecule has 4 nitrogen and oxygen atoms in total. The van der Waals surface area contributed by atoms with Crippen LogP contribution >= 0.6 is 0 Å². The van der Waals surface area contributed by atoms with Crippen molar-refractivity contribution >= 4 is 8.80 Å². The van der Waals surface area contributed by atoms with Gasteiger partial charge in [0.2, 0.25) is 0 Å². The Labute approximate surface area is 124 Å². The van der Waals surface area contributed by atoms with Gasteiger partial charge < -0.3 is 21.0 Å². The second-order valence-corrected chi connectivity index (χ2v) is 5.77. The molecular formula is C7H20KNO3Si. The van der Waals surface area contributed by atoms with Crippen LogP contribution in [-0.4, -0.2) is 50.0 Å². The largest absolute Gasteiger partial charge is 1.00 e. The summed E-state index contributed by atoms with van der Waals surface area (Å²) in [7, 11) is -1.16. The van der Waals surface area contributed by atoms with Crippen molar-refractivity contribution in [2.45, 2.75) is 19.4 Å². The molecule has 0 aromatic carbocycles. The standard InChI is InChI=1S/C7H19NO2Si.K.H2O/c1-2-8-4-3-5-11(6-9)7-10;;/h8-11H,2-7H2,1H3;;1H2/q;+1;/p-1. The van der Waals surface area contributed by atoms with Crippen LogP contribution in [0.2, 0.25) is 6.04 Å². The SMILES string of the molecule is CCNCCC[SiH](CO)CO.[K+].[OH-]. The van der Waals surface area contributed by atoms with Crippen molar-refractivity contribution in [2.24, 2.45) is 0 Å². The predicted octanol–water partition coefficient (Wildman–Crippen LogP) is -3.90. The monoisotopic (exact) mass is 233 g/mol. The normalized spacial score (nSPS) is 9.23. The van der Waals surface area contributed by atoms with Crippen molar-refractivity contribution in [2.75, 3.05) is 25.5 Å². The molecule has 0 amide bonds. The third kappa shape index (κ3) is 13.7. The average Bonchev–Trinajstić information content (AvgIpc) is 2.05. The van der Waals surface area contributed by atoms with E-state index in [1.807, 2.05) is 0 Å². The zero-order valence-electron chi connectivity index (χ0n) is 8.66. The quantitative estimate of drug-likeness (QED) is 0.310. The van der Waals surface area contributed by atoms with E-state index in [0.29, 0.717) is 0 Å². The molecule has 76 valence electrons. The minimum absolute atomic E-state index is 0.